The molecule has 0 saturated carbocycles. The highest BCUT2D eigenvalue weighted by molar-refractivity contribution is 6.30. The van der Waals surface area contributed by atoms with E-state index in [1.54, 1.807) is 18.3 Å². The molecule has 1 aromatic heterocycles. The second kappa shape index (κ2) is 7.79. The first-order chi connectivity index (χ1) is 11.7. The first kappa shape index (κ1) is 16.3. The molecule has 0 atom stereocenters. The Bertz CT molecular complexity index is 785. The minimum Gasteiger partial charge on any atom is -0.488 e. The van der Waals surface area contributed by atoms with Gasteiger partial charge in [-0.1, -0.05) is 23.7 Å². The minimum atomic E-state index is -0.135. The number of aromatic nitrogens is 1. The lowest BCUT2D eigenvalue weighted by Crippen LogP contribution is -2.23. The van der Waals surface area contributed by atoms with E-state index in [-0.39, 0.29) is 5.91 Å². The predicted molar refractivity (Wildman–Crippen MR) is 95.0 cm³/mol. The van der Waals surface area contributed by atoms with Gasteiger partial charge in [0.1, 0.15) is 12.4 Å². The Balaban J connectivity index is 1.53. The van der Waals surface area contributed by atoms with Gasteiger partial charge in [0.2, 0.25) is 5.91 Å². The first-order valence-electron chi connectivity index (χ1n) is 7.69. The summed E-state index contributed by atoms with van der Waals surface area (Å²) in [5, 5.41) is 3.50. The molecule has 122 valence electrons. The van der Waals surface area contributed by atoms with Gasteiger partial charge in [-0.15, -0.1) is 0 Å². The average Bonchev–Trinajstić information content (AvgIpc) is 2.60. The van der Waals surface area contributed by atoms with Crippen molar-refractivity contribution in [2.45, 2.75) is 6.42 Å². The number of nitrogens with zero attached hydrogens (tertiary/aromatic N) is 1. The molecule has 1 aliphatic heterocycles. The predicted octanol–water partition coefficient (Wildman–Crippen LogP) is 3.43. The molecule has 0 unspecified atom stereocenters. The summed E-state index contributed by atoms with van der Waals surface area (Å²) in [6, 6.07) is 11.2. The Hall–Kier alpha value is -2.59. The summed E-state index contributed by atoms with van der Waals surface area (Å²) in [7, 11) is 0. The normalized spacial score (nSPS) is 13.1. The summed E-state index contributed by atoms with van der Waals surface area (Å²) in [5.74, 6) is 0.667. The van der Waals surface area contributed by atoms with Crippen LogP contribution in [0.2, 0.25) is 5.02 Å². The van der Waals surface area contributed by atoms with Crippen LogP contribution in [-0.2, 0) is 11.2 Å². The van der Waals surface area contributed by atoms with Crippen LogP contribution < -0.4 is 10.1 Å². The number of rotatable bonds is 5. The molecule has 0 spiro atoms. The zero-order chi connectivity index (χ0) is 16.8. The van der Waals surface area contributed by atoms with Gasteiger partial charge >= 0.3 is 0 Å². The third-order valence-electron chi connectivity index (χ3n) is 3.56. The number of hydrogen-bond donors (Lipinski definition) is 1. The maximum atomic E-state index is 11.9. The SMILES string of the molecule is O=C(/C=C/C1=Cc2cc(Cl)ccc2OC1)NCCc1ccccn1. The monoisotopic (exact) mass is 340 g/mol. The standard InChI is InChI=1S/C19H17ClN2O2/c20-16-5-6-18-15(12-16)11-14(13-24-18)4-7-19(23)22-10-8-17-3-1-2-9-21-17/h1-7,9,11-12H,8,10,13H2,(H,22,23)/b7-4+. The van der Waals surface area contributed by atoms with Gasteiger partial charge in [-0.2, -0.15) is 0 Å². The van der Waals surface area contributed by atoms with Gasteiger partial charge in [0, 0.05) is 41.5 Å². The van der Waals surface area contributed by atoms with E-state index in [0.717, 1.165) is 22.6 Å². The zero-order valence-corrected chi connectivity index (χ0v) is 13.8. The van der Waals surface area contributed by atoms with Crippen LogP contribution >= 0.6 is 11.6 Å². The van der Waals surface area contributed by atoms with Gasteiger partial charge in [0.15, 0.2) is 0 Å². The van der Waals surface area contributed by atoms with Crippen molar-refractivity contribution < 1.29 is 9.53 Å². The van der Waals surface area contributed by atoms with Gasteiger partial charge in [0.25, 0.3) is 0 Å². The van der Waals surface area contributed by atoms with Crippen molar-refractivity contribution in [1.82, 2.24) is 10.3 Å². The number of pyridine rings is 1. The molecule has 1 aromatic carbocycles. The highest BCUT2D eigenvalue weighted by Crippen LogP contribution is 2.29. The van der Waals surface area contributed by atoms with Crippen LogP contribution in [0.25, 0.3) is 6.08 Å². The number of fused-ring (bicyclic) bond motifs is 1. The van der Waals surface area contributed by atoms with Crippen LogP contribution in [0.3, 0.4) is 0 Å². The van der Waals surface area contributed by atoms with Crippen LogP contribution in [0, 0.1) is 0 Å². The van der Waals surface area contributed by atoms with Crippen molar-refractivity contribution in [2.24, 2.45) is 0 Å². The number of nitrogens with one attached hydrogen (secondary N) is 1. The largest absolute Gasteiger partial charge is 0.488 e. The quantitative estimate of drug-likeness (QED) is 0.848. The first-order valence-corrected chi connectivity index (χ1v) is 8.07. The maximum absolute atomic E-state index is 11.9. The molecule has 2 heterocycles. The Kier molecular flexibility index (Phi) is 5.29. The van der Waals surface area contributed by atoms with Gasteiger partial charge < -0.3 is 10.1 Å². The molecule has 0 fully saturated rings. The molecule has 4 nitrogen and oxygen atoms in total. The fraction of sp³-hybridized carbons (Fsp3) is 0.158. The number of hydrogen-bond acceptors (Lipinski definition) is 3. The van der Waals surface area contributed by atoms with Crippen LogP contribution in [0.15, 0.2) is 60.3 Å². The molecule has 3 rings (SSSR count). The Morgan fingerprint density at radius 3 is 3.08 bits per heavy atom. The van der Waals surface area contributed by atoms with Gasteiger partial charge in [-0.3, -0.25) is 9.78 Å². The van der Waals surface area contributed by atoms with Crippen LogP contribution in [0.4, 0.5) is 0 Å². The third kappa shape index (κ3) is 4.46. The molecule has 5 heteroatoms. The molecular formula is C19H17ClN2O2. The second-order valence-corrected chi connectivity index (χ2v) is 5.82. The molecule has 1 amide bonds. The summed E-state index contributed by atoms with van der Waals surface area (Å²) >= 11 is 5.99. The molecule has 0 saturated heterocycles. The Labute approximate surface area is 145 Å². The van der Waals surface area contributed by atoms with Crippen LogP contribution in [0.5, 0.6) is 5.75 Å². The van der Waals surface area contributed by atoms with Crippen LogP contribution in [0.1, 0.15) is 11.3 Å². The number of ether oxygens (including phenoxy) is 1. The summed E-state index contributed by atoms with van der Waals surface area (Å²) in [6.07, 6.45) is 7.71. The van der Waals surface area contributed by atoms with Gasteiger partial charge in [-0.05, 0) is 42.0 Å². The van der Waals surface area contributed by atoms with E-state index < -0.39 is 0 Å². The average molecular weight is 341 g/mol. The number of halogens is 1. The summed E-state index contributed by atoms with van der Waals surface area (Å²) < 4.78 is 5.64. The van der Waals surface area contributed by atoms with E-state index in [1.807, 2.05) is 36.4 Å². The lowest BCUT2D eigenvalue weighted by molar-refractivity contribution is -0.116. The summed E-state index contributed by atoms with van der Waals surface area (Å²) in [6.45, 7) is 0.987. The van der Waals surface area contributed by atoms with Gasteiger partial charge in [-0.25, -0.2) is 0 Å². The van der Waals surface area contributed by atoms with E-state index >= 15 is 0 Å². The molecule has 24 heavy (non-hydrogen) atoms. The van der Waals surface area contributed by atoms with E-state index in [9.17, 15) is 4.79 Å². The fourth-order valence-electron chi connectivity index (χ4n) is 2.36. The number of carbonyl (C=O) groups excluding carboxylic acids is 1. The van der Waals surface area contributed by atoms with Crippen molar-refractivity contribution in [1.29, 1.82) is 0 Å². The van der Waals surface area contributed by atoms with Crippen LogP contribution in [-0.4, -0.2) is 24.0 Å². The third-order valence-corrected chi connectivity index (χ3v) is 3.80. The van der Waals surface area contributed by atoms with E-state index in [0.29, 0.717) is 24.6 Å². The second-order valence-electron chi connectivity index (χ2n) is 5.39. The van der Waals surface area contributed by atoms with Crippen molar-refractivity contribution in [2.75, 3.05) is 13.2 Å². The topological polar surface area (TPSA) is 51.2 Å². The Morgan fingerprint density at radius 1 is 1.33 bits per heavy atom. The van der Waals surface area contributed by atoms with Crippen molar-refractivity contribution in [3.05, 3.63) is 76.6 Å². The number of benzene rings is 1. The molecule has 0 bridgehead atoms. The number of amides is 1. The molecule has 1 N–H and O–H groups in total. The molecule has 1 aliphatic rings. The summed E-state index contributed by atoms with van der Waals surface area (Å²) in [5.41, 5.74) is 2.80. The van der Waals surface area contributed by atoms with Gasteiger partial charge in [0.05, 0.1) is 0 Å². The highest BCUT2D eigenvalue weighted by Gasteiger charge is 2.10. The Morgan fingerprint density at radius 2 is 2.25 bits per heavy atom. The fourth-order valence-corrected chi connectivity index (χ4v) is 2.54. The lowest BCUT2D eigenvalue weighted by Gasteiger charge is -2.16. The van der Waals surface area contributed by atoms with Crippen molar-refractivity contribution in [3.63, 3.8) is 0 Å². The van der Waals surface area contributed by atoms with Crippen molar-refractivity contribution in [3.8, 4) is 5.75 Å². The van der Waals surface area contributed by atoms with E-state index in [2.05, 4.69) is 10.3 Å². The molecular weight excluding hydrogens is 324 g/mol. The van der Waals surface area contributed by atoms with E-state index in [4.69, 9.17) is 16.3 Å². The van der Waals surface area contributed by atoms with Crippen molar-refractivity contribution >= 4 is 23.6 Å². The molecule has 2 aromatic rings. The smallest absolute Gasteiger partial charge is 0.244 e. The number of carbonyl (C=O) groups is 1. The molecule has 0 radical (unpaired) electrons. The zero-order valence-electron chi connectivity index (χ0n) is 13.0. The highest BCUT2D eigenvalue weighted by atomic mass is 35.5. The summed E-state index contributed by atoms with van der Waals surface area (Å²) in [4.78, 5) is 16.1. The lowest BCUT2D eigenvalue weighted by atomic mass is 10.1. The van der Waals surface area contributed by atoms with E-state index in [1.165, 1.54) is 6.08 Å². The molecule has 0 aliphatic carbocycles. The maximum Gasteiger partial charge on any atom is 0.244 e. The minimum absolute atomic E-state index is 0.135.